The van der Waals surface area contributed by atoms with Gasteiger partial charge in [-0.15, -0.1) is 0 Å². The summed E-state index contributed by atoms with van der Waals surface area (Å²) in [6.07, 6.45) is 1.11. The maximum Gasteiger partial charge on any atom is 0.229 e. The summed E-state index contributed by atoms with van der Waals surface area (Å²) in [5.74, 6) is 0.148. The van der Waals surface area contributed by atoms with Gasteiger partial charge < -0.3 is 0 Å². The Hall–Kier alpha value is -0.510. The highest BCUT2D eigenvalue weighted by atomic mass is 32.2. The summed E-state index contributed by atoms with van der Waals surface area (Å²) in [5, 5.41) is 0. The summed E-state index contributed by atoms with van der Waals surface area (Å²) in [5.41, 5.74) is 0.530. The molecule has 0 aromatic heterocycles. The van der Waals surface area contributed by atoms with Crippen molar-refractivity contribution in [3.05, 3.63) is 12.3 Å². The molecule has 0 spiro atoms. The van der Waals surface area contributed by atoms with Crippen LogP contribution in [-0.4, -0.2) is 14.7 Å². The molecule has 0 saturated carbocycles. The summed E-state index contributed by atoms with van der Waals surface area (Å²) >= 11 is 0. The third-order valence-corrected chi connectivity index (χ3v) is 1.65. The summed E-state index contributed by atoms with van der Waals surface area (Å²) in [4.78, 5) is 0. The van der Waals surface area contributed by atoms with Crippen molar-refractivity contribution in [2.24, 2.45) is 5.92 Å². The average molecular weight is 163 g/mol. The molecule has 0 fully saturated rings. The minimum absolute atomic E-state index is 0.148. The highest BCUT2D eigenvalue weighted by Gasteiger charge is 2.04. The van der Waals surface area contributed by atoms with Crippen LogP contribution in [0.1, 0.15) is 13.8 Å². The Morgan fingerprint density at radius 3 is 2.00 bits per heavy atom. The lowest BCUT2D eigenvalue weighted by Gasteiger charge is -2.09. The van der Waals surface area contributed by atoms with E-state index in [1.807, 2.05) is 13.8 Å². The first-order valence-corrected chi connectivity index (χ1v) is 4.88. The molecule has 0 aromatic carbocycles. The standard InChI is InChI=1S/C6H13NO2S/c1-5(2)6(3)7-10(4,8)9/h5,7H,3H2,1-2,4H3. The monoisotopic (exact) mass is 163 g/mol. The van der Waals surface area contributed by atoms with Gasteiger partial charge in [-0.2, -0.15) is 0 Å². The molecular formula is C6H13NO2S. The Morgan fingerprint density at radius 1 is 1.50 bits per heavy atom. The topological polar surface area (TPSA) is 46.2 Å². The molecule has 0 aliphatic rings. The lowest BCUT2D eigenvalue weighted by molar-refractivity contribution is 0.588. The zero-order valence-corrected chi connectivity index (χ0v) is 7.33. The van der Waals surface area contributed by atoms with E-state index >= 15 is 0 Å². The Labute approximate surface area is 62.2 Å². The summed E-state index contributed by atoms with van der Waals surface area (Å²) in [7, 11) is -3.12. The summed E-state index contributed by atoms with van der Waals surface area (Å²) in [6, 6.07) is 0. The Morgan fingerprint density at radius 2 is 1.90 bits per heavy atom. The van der Waals surface area contributed by atoms with E-state index in [2.05, 4.69) is 11.3 Å². The normalized spacial score (nSPS) is 11.6. The predicted octanol–water partition coefficient (Wildman–Crippen LogP) is 0.705. The van der Waals surface area contributed by atoms with Gasteiger partial charge in [0.25, 0.3) is 0 Å². The van der Waals surface area contributed by atoms with Crippen molar-refractivity contribution in [1.82, 2.24) is 4.72 Å². The molecule has 0 saturated heterocycles. The highest BCUT2D eigenvalue weighted by Crippen LogP contribution is 2.02. The number of sulfonamides is 1. The van der Waals surface area contributed by atoms with Crippen LogP contribution >= 0.6 is 0 Å². The number of hydrogen-bond donors (Lipinski definition) is 1. The largest absolute Gasteiger partial charge is 0.288 e. The minimum atomic E-state index is -3.12. The van der Waals surface area contributed by atoms with Crippen LogP contribution in [0.3, 0.4) is 0 Å². The van der Waals surface area contributed by atoms with Crippen LogP contribution in [0.4, 0.5) is 0 Å². The van der Waals surface area contributed by atoms with Crippen LogP contribution in [0.5, 0.6) is 0 Å². The number of rotatable bonds is 3. The first kappa shape index (κ1) is 9.49. The van der Waals surface area contributed by atoms with Gasteiger partial charge in [0.15, 0.2) is 0 Å². The van der Waals surface area contributed by atoms with Gasteiger partial charge in [0, 0.05) is 5.70 Å². The highest BCUT2D eigenvalue weighted by molar-refractivity contribution is 7.88. The maximum absolute atomic E-state index is 10.6. The van der Waals surface area contributed by atoms with E-state index in [1.165, 1.54) is 0 Å². The van der Waals surface area contributed by atoms with Crippen LogP contribution in [0.15, 0.2) is 12.3 Å². The zero-order valence-electron chi connectivity index (χ0n) is 6.51. The van der Waals surface area contributed by atoms with Crippen molar-refractivity contribution in [3.8, 4) is 0 Å². The van der Waals surface area contributed by atoms with E-state index in [9.17, 15) is 8.42 Å². The molecule has 0 unspecified atom stereocenters. The molecule has 1 N–H and O–H groups in total. The first-order valence-electron chi connectivity index (χ1n) is 2.99. The minimum Gasteiger partial charge on any atom is -0.288 e. The van der Waals surface area contributed by atoms with Crippen molar-refractivity contribution in [3.63, 3.8) is 0 Å². The summed E-state index contributed by atoms with van der Waals surface area (Å²) < 4.78 is 23.4. The van der Waals surface area contributed by atoms with Crippen molar-refractivity contribution in [2.75, 3.05) is 6.26 Å². The van der Waals surface area contributed by atoms with E-state index in [-0.39, 0.29) is 5.92 Å². The van der Waals surface area contributed by atoms with Gasteiger partial charge >= 0.3 is 0 Å². The van der Waals surface area contributed by atoms with Crippen LogP contribution in [0.25, 0.3) is 0 Å². The molecule has 0 rings (SSSR count). The van der Waals surface area contributed by atoms with E-state index in [0.717, 1.165) is 6.26 Å². The molecule has 60 valence electrons. The van der Waals surface area contributed by atoms with Crippen molar-refractivity contribution in [2.45, 2.75) is 13.8 Å². The van der Waals surface area contributed by atoms with Gasteiger partial charge in [0.1, 0.15) is 0 Å². The molecule has 0 radical (unpaired) electrons. The van der Waals surface area contributed by atoms with Crippen molar-refractivity contribution in [1.29, 1.82) is 0 Å². The van der Waals surface area contributed by atoms with E-state index in [1.54, 1.807) is 0 Å². The molecule has 3 nitrogen and oxygen atoms in total. The van der Waals surface area contributed by atoms with Gasteiger partial charge in [-0.05, 0) is 5.92 Å². The average Bonchev–Trinajstić information content (AvgIpc) is 1.60. The molecule has 0 atom stereocenters. The van der Waals surface area contributed by atoms with Crippen LogP contribution in [-0.2, 0) is 10.0 Å². The lowest BCUT2D eigenvalue weighted by Crippen LogP contribution is -2.23. The third kappa shape index (κ3) is 4.38. The quantitative estimate of drug-likeness (QED) is 0.666. The molecule has 0 amide bonds. The van der Waals surface area contributed by atoms with Crippen LogP contribution in [0, 0.1) is 5.92 Å². The molecular weight excluding hydrogens is 150 g/mol. The zero-order chi connectivity index (χ0) is 8.36. The van der Waals surface area contributed by atoms with Crippen molar-refractivity contribution >= 4 is 10.0 Å². The van der Waals surface area contributed by atoms with Gasteiger partial charge in [-0.1, -0.05) is 20.4 Å². The third-order valence-electron chi connectivity index (χ3n) is 1.01. The molecule has 10 heavy (non-hydrogen) atoms. The fourth-order valence-electron chi connectivity index (χ4n) is 0.356. The molecule has 4 heteroatoms. The van der Waals surface area contributed by atoms with Gasteiger partial charge in [-0.25, -0.2) is 8.42 Å². The fourth-order valence-corrected chi connectivity index (χ4v) is 1.07. The van der Waals surface area contributed by atoms with E-state index < -0.39 is 10.0 Å². The second-order valence-corrected chi connectivity index (χ2v) is 4.30. The maximum atomic E-state index is 10.6. The Kier molecular flexibility index (Phi) is 2.90. The van der Waals surface area contributed by atoms with Crippen molar-refractivity contribution < 1.29 is 8.42 Å². The molecule has 0 bridgehead atoms. The van der Waals surface area contributed by atoms with E-state index in [0.29, 0.717) is 5.70 Å². The van der Waals surface area contributed by atoms with Crippen LogP contribution < -0.4 is 4.72 Å². The molecule has 0 aliphatic heterocycles. The first-order chi connectivity index (χ1) is 4.33. The molecule has 0 heterocycles. The lowest BCUT2D eigenvalue weighted by atomic mass is 10.2. The number of nitrogens with one attached hydrogen (secondary N) is 1. The Balaban J connectivity index is 4.07. The molecule has 0 aromatic rings. The fraction of sp³-hybridized carbons (Fsp3) is 0.667. The van der Waals surface area contributed by atoms with Gasteiger partial charge in [0.05, 0.1) is 6.26 Å². The SMILES string of the molecule is C=C(NS(C)(=O)=O)C(C)C. The molecule has 0 aliphatic carbocycles. The van der Waals surface area contributed by atoms with E-state index in [4.69, 9.17) is 0 Å². The summed E-state index contributed by atoms with van der Waals surface area (Å²) in [6.45, 7) is 7.30. The van der Waals surface area contributed by atoms with Crippen LogP contribution in [0.2, 0.25) is 0 Å². The Bertz CT molecular complexity index is 216. The predicted molar refractivity (Wildman–Crippen MR) is 42.0 cm³/mol. The second kappa shape index (κ2) is 3.05. The number of allylic oxidation sites excluding steroid dienone is 1. The van der Waals surface area contributed by atoms with Gasteiger partial charge in [-0.3, -0.25) is 4.72 Å². The second-order valence-electron chi connectivity index (χ2n) is 2.55. The smallest absolute Gasteiger partial charge is 0.229 e. The van der Waals surface area contributed by atoms with Gasteiger partial charge in [0.2, 0.25) is 10.0 Å². The number of hydrogen-bond acceptors (Lipinski definition) is 2.